The molecule has 174 valence electrons. The lowest BCUT2D eigenvalue weighted by Crippen LogP contribution is -2.47. The minimum absolute atomic E-state index is 0.0347. The number of benzene rings is 1. The third-order valence-corrected chi connectivity index (χ3v) is 5.87. The summed E-state index contributed by atoms with van der Waals surface area (Å²) >= 11 is 0. The quantitative estimate of drug-likeness (QED) is 0.334. The van der Waals surface area contributed by atoms with Crippen LogP contribution in [0.4, 0.5) is 0 Å². The highest BCUT2D eigenvalue weighted by atomic mass is 16.5. The first-order valence-corrected chi connectivity index (χ1v) is 10.9. The largest absolute Gasteiger partial charge is 0.493 e. The van der Waals surface area contributed by atoms with Crippen LogP contribution in [-0.2, 0) is 14.9 Å². The molecule has 1 saturated carbocycles. The van der Waals surface area contributed by atoms with Gasteiger partial charge in [0.1, 0.15) is 6.54 Å². The van der Waals surface area contributed by atoms with Gasteiger partial charge in [-0.1, -0.05) is 25.3 Å². The van der Waals surface area contributed by atoms with E-state index in [2.05, 4.69) is 27.8 Å². The SMILES string of the molecule is COCCNC(=NCC(=O)N(C)C)NCC1(c2ccc(OC)c(OC)c2)CCCCC1. The van der Waals surface area contributed by atoms with Crippen LogP contribution in [0.3, 0.4) is 0 Å². The van der Waals surface area contributed by atoms with Gasteiger partial charge in [0.25, 0.3) is 0 Å². The van der Waals surface area contributed by atoms with Crippen LogP contribution in [-0.4, -0.2) is 78.4 Å². The van der Waals surface area contributed by atoms with Gasteiger partial charge in [-0.2, -0.15) is 0 Å². The summed E-state index contributed by atoms with van der Waals surface area (Å²) < 4.78 is 16.1. The van der Waals surface area contributed by atoms with Crippen molar-refractivity contribution >= 4 is 11.9 Å². The van der Waals surface area contributed by atoms with E-state index in [1.165, 1.54) is 24.8 Å². The summed E-state index contributed by atoms with van der Waals surface area (Å²) in [6, 6.07) is 6.21. The number of methoxy groups -OCH3 is 3. The van der Waals surface area contributed by atoms with Gasteiger partial charge in [-0.15, -0.1) is 0 Å². The van der Waals surface area contributed by atoms with Gasteiger partial charge in [-0.05, 0) is 30.5 Å². The van der Waals surface area contributed by atoms with Gasteiger partial charge in [0.2, 0.25) is 5.91 Å². The van der Waals surface area contributed by atoms with E-state index in [-0.39, 0.29) is 17.9 Å². The van der Waals surface area contributed by atoms with E-state index in [0.29, 0.717) is 19.1 Å². The molecule has 8 heteroatoms. The van der Waals surface area contributed by atoms with Crippen molar-refractivity contribution in [3.8, 4) is 11.5 Å². The molecule has 31 heavy (non-hydrogen) atoms. The highest BCUT2D eigenvalue weighted by Crippen LogP contribution is 2.42. The number of hydrogen-bond donors (Lipinski definition) is 2. The Morgan fingerprint density at radius 2 is 1.77 bits per heavy atom. The molecule has 0 bridgehead atoms. The van der Waals surface area contributed by atoms with Gasteiger partial charge in [0, 0.05) is 39.7 Å². The van der Waals surface area contributed by atoms with Crippen molar-refractivity contribution in [2.24, 2.45) is 4.99 Å². The standard InChI is InChI=1S/C23H38N4O4/c1-27(2)21(28)16-25-22(24-13-14-29-3)26-17-23(11-7-6-8-12-23)18-9-10-19(30-4)20(15-18)31-5/h9-10,15H,6-8,11-14,16-17H2,1-5H3,(H2,24,25,26). The summed E-state index contributed by atoms with van der Waals surface area (Å²) in [7, 11) is 8.45. The van der Waals surface area contributed by atoms with Crippen LogP contribution in [0.2, 0.25) is 0 Å². The van der Waals surface area contributed by atoms with Crippen LogP contribution in [0.25, 0.3) is 0 Å². The number of nitrogens with zero attached hydrogens (tertiary/aromatic N) is 2. The van der Waals surface area contributed by atoms with Crippen LogP contribution in [0.1, 0.15) is 37.7 Å². The lowest BCUT2D eigenvalue weighted by molar-refractivity contribution is -0.127. The van der Waals surface area contributed by atoms with Crippen molar-refractivity contribution in [3.05, 3.63) is 23.8 Å². The van der Waals surface area contributed by atoms with Crippen LogP contribution < -0.4 is 20.1 Å². The Morgan fingerprint density at radius 3 is 2.39 bits per heavy atom. The van der Waals surface area contributed by atoms with E-state index >= 15 is 0 Å². The third-order valence-electron chi connectivity index (χ3n) is 5.87. The predicted octanol–water partition coefficient (Wildman–Crippen LogP) is 2.18. The summed E-state index contributed by atoms with van der Waals surface area (Å²) in [4.78, 5) is 18.0. The molecule has 1 fully saturated rings. The van der Waals surface area contributed by atoms with Gasteiger partial charge < -0.3 is 29.7 Å². The van der Waals surface area contributed by atoms with Crippen LogP contribution in [0.5, 0.6) is 11.5 Å². The Kier molecular flexibility index (Phi) is 9.91. The average molecular weight is 435 g/mol. The zero-order chi connectivity index (χ0) is 22.7. The molecule has 0 unspecified atom stereocenters. The van der Waals surface area contributed by atoms with E-state index < -0.39 is 0 Å². The average Bonchev–Trinajstić information content (AvgIpc) is 2.80. The second kappa shape index (κ2) is 12.4. The number of carbonyl (C=O) groups excluding carboxylic acids is 1. The number of likely N-dealkylation sites (N-methyl/N-ethyl adjacent to an activating group) is 1. The van der Waals surface area contributed by atoms with E-state index in [1.807, 2.05) is 6.07 Å². The molecular formula is C23H38N4O4. The number of aliphatic imine (C=N–C) groups is 1. The molecule has 0 aliphatic heterocycles. The van der Waals surface area contributed by atoms with Gasteiger partial charge in [-0.25, -0.2) is 4.99 Å². The van der Waals surface area contributed by atoms with Crippen LogP contribution in [0.15, 0.2) is 23.2 Å². The summed E-state index contributed by atoms with van der Waals surface area (Å²) in [5, 5.41) is 6.75. The monoisotopic (exact) mass is 434 g/mol. The molecule has 0 aromatic heterocycles. The number of guanidine groups is 1. The van der Waals surface area contributed by atoms with Crippen molar-refractivity contribution < 1.29 is 19.0 Å². The molecule has 0 spiro atoms. The molecule has 1 amide bonds. The first-order valence-electron chi connectivity index (χ1n) is 10.9. The van der Waals surface area contributed by atoms with E-state index in [0.717, 1.165) is 30.9 Å². The zero-order valence-electron chi connectivity index (χ0n) is 19.6. The molecular weight excluding hydrogens is 396 g/mol. The minimum atomic E-state index is -0.0416. The molecule has 0 saturated heterocycles. The molecule has 2 N–H and O–H groups in total. The van der Waals surface area contributed by atoms with Gasteiger partial charge in [-0.3, -0.25) is 4.79 Å². The number of ether oxygens (including phenoxy) is 3. The number of carbonyl (C=O) groups is 1. The van der Waals surface area contributed by atoms with Crippen molar-refractivity contribution in [1.29, 1.82) is 0 Å². The fourth-order valence-electron chi connectivity index (χ4n) is 3.95. The number of nitrogens with one attached hydrogen (secondary N) is 2. The third kappa shape index (κ3) is 7.02. The van der Waals surface area contributed by atoms with Gasteiger partial charge in [0.15, 0.2) is 17.5 Å². The van der Waals surface area contributed by atoms with E-state index in [1.54, 1.807) is 40.3 Å². The van der Waals surface area contributed by atoms with Crippen molar-refractivity contribution in [3.63, 3.8) is 0 Å². The first kappa shape index (κ1) is 24.8. The highest BCUT2D eigenvalue weighted by Gasteiger charge is 2.34. The summed E-state index contributed by atoms with van der Waals surface area (Å²) in [6.07, 6.45) is 5.77. The van der Waals surface area contributed by atoms with Crippen molar-refractivity contribution in [1.82, 2.24) is 15.5 Å². The Morgan fingerprint density at radius 1 is 1.06 bits per heavy atom. The molecule has 0 radical (unpaired) electrons. The molecule has 0 heterocycles. The van der Waals surface area contributed by atoms with Gasteiger partial charge in [0.05, 0.1) is 20.8 Å². The molecule has 1 aliphatic rings. The minimum Gasteiger partial charge on any atom is -0.493 e. The maximum Gasteiger partial charge on any atom is 0.243 e. The fraction of sp³-hybridized carbons (Fsp3) is 0.652. The second-order valence-corrected chi connectivity index (χ2v) is 8.14. The van der Waals surface area contributed by atoms with Gasteiger partial charge >= 0.3 is 0 Å². The maximum absolute atomic E-state index is 12.0. The normalized spacial score (nSPS) is 15.8. The Bertz CT molecular complexity index is 730. The van der Waals surface area contributed by atoms with E-state index in [9.17, 15) is 4.79 Å². The predicted molar refractivity (Wildman–Crippen MR) is 123 cm³/mol. The number of hydrogen-bond acceptors (Lipinski definition) is 5. The number of rotatable bonds is 10. The molecule has 1 aromatic carbocycles. The van der Waals surface area contributed by atoms with Crippen LogP contribution >= 0.6 is 0 Å². The Labute approximate surface area is 186 Å². The number of amides is 1. The van der Waals surface area contributed by atoms with Crippen molar-refractivity contribution in [2.75, 3.05) is 61.7 Å². The van der Waals surface area contributed by atoms with Crippen LogP contribution in [0, 0.1) is 0 Å². The first-order chi connectivity index (χ1) is 15.0. The maximum atomic E-state index is 12.0. The molecule has 1 aromatic rings. The molecule has 8 nitrogen and oxygen atoms in total. The second-order valence-electron chi connectivity index (χ2n) is 8.14. The lowest BCUT2D eigenvalue weighted by Gasteiger charge is -2.38. The Balaban J connectivity index is 2.22. The summed E-state index contributed by atoms with van der Waals surface area (Å²) in [6.45, 7) is 1.99. The Hall–Kier alpha value is -2.48. The smallest absolute Gasteiger partial charge is 0.243 e. The van der Waals surface area contributed by atoms with E-state index in [4.69, 9.17) is 14.2 Å². The highest BCUT2D eigenvalue weighted by molar-refractivity contribution is 5.84. The lowest BCUT2D eigenvalue weighted by atomic mass is 9.69. The molecule has 1 aliphatic carbocycles. The summed E-state index contributed by atoms with van der Waals surface area (Å²) in [5.41, 5.74) is 1.20. The zero-order valence-corrected chi connectivity index (χ0v) is 19.6. The molecule has 0 atom stereocenters. The topological polar surface area (TPSA) is 84.4 Å². The summed E-state index contributed by atoms with van der Waals surface area (Å²) in [5.74, 6) is 2.06. The fourth-order valence-corrected chi connectivity index (χ4v) is 3.95. The molecule has 2 rings (SSSR count). The van der Waals surface area contributed by atoms with Crippen molar-refractivity contribution in [2.45, 2.75) is 37.5 Å².